The number of hydrogen-bond donors (Lipinski definition) is 1. The average molecular weight is 426 g/mol. The van der Waals surface area contributed by atoms with Crippen molar-refractivity contribution in [1.82, 2.24) is 14.8 Å². The molecule has 1 aromatic heterocycles. The highest BCUT2D eigenvalue weighted by Gasteiger charge is 2.13. The molecule has 0 fully saturated rings. The number of anilines is 1. The molecule has 0 bridgehead atoms. The molecule has 0 unspecified atom stereocenters. The standard InChI is InChI=1S/C21H22N4O4S/c1-14-4-10-17(11-5-14)29-12-18-23-24-21(25(18)2)30-13-19(26)22-16-8-6-15(7-9-16)20(27)28-3/h4-11H,12-13H2,1-3H3,(H,22,26). The molecule has 0 spiro atoms. The first-order valence-corrected chi connectivity index (χ1v) is 10.1. The largest absolute Gasteiger partial charge is 0.486 e. The van der Waals surface area contributed by atoms with E-state index in [0.717, 1.165) is 11.3 Å². The van der Waals surface area contributed by atoms with E-state index in [9.17, 15) is 9.59 Å². The number of ether oxygens (including phenoxy) is 2. The molecule has 0 saturated carbocycles. The average Bonchev–Trinajstić information content (AvgIpc) is 3.11. The van der Waals surface area contributed by atoms with E-state index < -0.39 is 5.97 Å². The molecule has 2 aromatic carbocycles. The highest BCUT2D eigenvalue weighted by Crippen LogP contribution is 2.18. The van der Waals surface area contributed by atoms with Gasteiger partial charge < -0.3 is 19.4 Å². The predicted molar refractivity (Wildman–Crippen MR) is 114 cm³/mol. The monoisotopic (exact) mass is 426 g/mol. The lowest BCUT2D eigenvalue weighted by Gasteiger charge is -2.07. The number of hydrogen-bond acceptors (Lipinski definition) is 7. The van der Waals surface area contributed by atoms with Gasteiger partial charge >= 0.3 is 5.97 Å². The number of thioether (sulfide) groups is 1. The highest BCUT2D eigenvalue weighted by molar-refractivity contribution is 7.99. The predicted octanol–water partition coefficient (Wildman–Crippen LogP) is 3.22. The first-order valence-electron chi connectivity index (χ1n) is 9.15. The lowest BCUT2D eigenvalue weighted by Crippen LogP contribution is -2.14. The number of nitrogens with zero attached hydrogens (tertiary/aromatic N) is 3. The summed E-state index contributed by atoms with van der Waals surface area (Å²) in [5.41, 5.74) is 2.18. The van der Waals surface area contributed by atoms with Gasteiger partial charge in [-0.05, 0) is 43.3 Å². The number of carbonyl (C=O) groups excluding carboxylic acids is 2. The number of rotatable bonds is 8. The van der Waals surface area contributed by atoms with Gasteiger partial charge in [-0.15, -0.1) is 10.2 Å². The van der Waals surface area contributed by atoms with Crippen LogP contribution in [-0.4, -0.2) is 39.5 Å². The second kappa shape index (κ2) is 9.93. The van der Waals surface area contributed by atoms with Crippen molar-refractivity contribution in [3.05, 3.63) is 65.5 Å². The maximum absolute atomic E-state index is 12.2. The van der Waals surface area contributed by atoms with Crippen molar-refractivity contribution >= 4 is 29.3 Å². The van der Waals surface area contributed by atoms with E-state index in [0.29, 0.717) is 22.2 Å². The van der Waals surface area contributed by atoms with Gasteiger partial charge in [0.25, 0.3) is 0 Å². The Morgan fingerprint density at radius 2 is 1.77 bits per heavy atom. The van der Waals surface area contributed by atoms with E-state index >= 15 is 0 Å². The van der Waals surface area contributed by atoms with Crippen LogP contribution in [0.4, 0.5) is 5.69 Å². The second-order valence-electron chi connectivity index (χ2n) is 6.47. The minimum Gasteiger partial charge on any atom is -0.486 e. The van der Waals surface area contributed by atoms with Gasteiger partial charge in [-0.25, -0.2) is 4.79 Å². The van der Waals surface area contributed by atoms with Crippen molar-refractivity contribution in [2.24, 2.45) is 7.05 Å². The lowest BCUT2D eigenvalue weighted by atomic mass is 10.2. The van der Waals surface area contributed by atoms with E-state index in [-0.39, 0.29) is 18.3 Å². The van der Waals surface area contributed by atoms with E-state index in [1.165, 1.54) is 18.9 Å². The maximum Gasteiger partial charge on any atom is 0.337 e. The molecule has 1 amide bonds. The molecule has 0 atom stereocenters. The number of benzene rings is 2. The number of methoxy groups -OCH3 is 1. The summed E-state index contributed by atoms with van der Waals surface area (Å²) in [7, 11) is 3.15. The summed E-state index contributed by atoms with van der Waals surface area (Å²) in [6.45, 7) is 2.30. The third-order valence-electron chi connectivity index (χ3n) is 4.24. The van der Waals surface area contributed by atoms with Crippen molar-refractivity contribution < 1.29 is 19.1 Å². The molecule has 0 aliphatic carbocycles. The summed E-state index contributed by atoms with van der Waals surface area (Å²) < 4.78 is 12.2. The van der Waals surface area contributed by atoms with Crippen LogP contribution in [0.25, 0.3) is 0 Å². The number of nitrogens with one attached hydrogen (secondary N) is 1. The molecule has 1 heterocycles. The fourth-order valence-electron chi connectivity index (χ4n) is 2.51. The summed E-state index contributed by atoms with van der Waals surface area (Å²) >= 11 is 1.28. The molecule has 9 heteroatoms. The van der Waals surface area contributed by atoms with Crippen molar-refractivity contribution in [2.75, 3.05) is 18.2 Å². The number of amides is 1. The van der Waals surface area contributed by atoms with Crippen LogP contribution in [0, 0.1) is 6.92 Å². The zero-order valence-corrected chi connectivity index (χ0v) is 17.7. The number of aromatic nitrogens is 3. The second-order valence-corrected chi connectivity index (χ2v) is 7.41. The van der Waals surface area contributed by atoms with E-state index in [4.69, 9.17) is 4.74 Å². The van der Waals surface area contributed by atoms with E-state index in [1.807, 2.05) is 38.2 Å². The van der Waals surface area contributed by atoms with E-state index in [2.05, 4.69) is 20.3 Å². The number of aryl methyl sites for hydroxylation is 1. The molecule has 0 saturated heterocycles. The topological polar surface area (TPSA) is 95.3 Å². The van der Waals surface area contributed by atoms with Crippen molar-refractivity contribution in [2.45, 2.75) is 18.7 Å². The first-order chi connectivity index (χ1) is 14.5. The zero-order chi connectivity index (χ0) is 21.5. The quantitative estimate of drug-likeness (QED) is 0.436. The summed E-state index contributed by atoms with van der Waals surface area (Å²) in [5, 5.41) is 11.7. The Kier molecular flexibility index (Phi) is 7.08. The molecular weight excluding hydrogens is 404 g/mol. The molecule has 8 nitrogen and oxygen atoms in total. The third-order valence-corrected chi connectivity index (χ3v) is 5.26. The van der Waals surface area contributed by atoms with Gasteiger partial charge in [-0.3, -0.25) is 4.79 Å². The van der Waals surface area contributed by atoms with E-state index in [1.54, 1.807) is 28.8 Å². The molecule has 0 aliphatic heterocycles. The Labute approximate surface area is 178 Å². The maximum atomic E-state index is 12.2. The highest BCUT2D eigenvalue weighted by atomic mass is 32.2. The zero-order valence-electron chi connectivity index (χ0n) is 16.9. The number of carbonyl (C=O) groups is 2. The smallest absolute Gasteiger partial charge is 0.337 e. The fraction of sp³-hybridized carbons (Fsp3) is 0.238. The van der Waals surface area contributed by atoms with Crippen molar-refractivity contribution in [3.8, 4) is 5.75 Å². The lowest BCUT2D eigenvalue weighted by molar-refractivity contribution is -0.113. The molecule has 1 N–H and O–H groups in total. The van der Waals surface area contributed by atoms with Gasteiger partial charge in [0.2, 0.25) is 5.91 Å². The molecule has 0 radical (unpaired) electrons. The van der Waals surface area contributed by atoms with Gasteiger partial charge in [-0.2, -0.15) is 0 Å². The Balaban J connectivity index is 1.50. The van der Waals surface area contributed by atoms with Crippen LogP contribution < -0.4 is 10.1 Å². The van der Waals surface area contributed by atoms with Crippen molar-refractivity contribution in [3.63, 3.8) is 0 Å². The molecule has 30 heavy (non-hydrogen) atoms. The fourth-order valence-corrected chi connectivity index (χ4v) is 3.24. The van der Waals surface area contributed by atoms with Gasteiger partial charge in [0.05, 0.1) is 18.4 Å². The van der Waals surface area contributed by atoms with Crippen LogP contribution >= 0.6 is 11.8 Å². The van der Waals surface area contributed by atoms with Crippen LogP contribution in [-0.2, 0) is 23.2 Å². The normalized spacial score (nSPS) is 10.5. The first kappa shape index (κ1) is 21.4. The Morgan fingerprint density at radius 1 is 1.07 bits per heavy atom. The molecule has 3 aromatic rings. The van der Waals surface area contributed by atoms with Crippen LogP contribution in [0.1, 0.15) is 21.7 Å². The van der Waals surface area contributed by atoms with Crippen LogP contribution in [0.5, 0.6) is 5.75 Å². The molecule has 3 rings (SSSR count). The Hall–Kier alpha value is -3.33. The summed E-state index contributed by atoms with van der Waals surface area (Å²) in [6.07, 6.45) is 0. The Morgan fingerprint density at radius 3 is 2.43 bits per heavy atom. The number of esters is 1. The van der Waals surface area contributed by atoms with Crippen LogP contribution in [0.3, 0.4) is 0 Å². The molecule has 156 valence electrons. The van der Waals surface area contributed by atoms with Crippen LogP contribution in [0.15, 0.2) is 53.7 Å². The minimum atomic E-state index is -0.423. The van der Waals surface area contributed by atoms with Gasteiger partial charge in [0.15, 0.2) is 11.0 Å². The third kappa shape index (κ3) is 5.60. The minimum absolute atomic E-state index is 0.170. The van der Waals surface area contributed by atoms with Gasteiger partial charge in [0, 0.05) is 12.7 Å². The summed E-state index contributed by atoms with van der Waals surface area (Å²) in [6, 6.07) is 14.3. The molecule has 0 aliphatic rings. The van der Waals surface area contributed by atoms with Crippen LogP contribution in [0.2, 0.25) is 0 Å². The van der Waals surface area contributed by atoms with Gasteiger partial charge in [-0.1, -0.05) is 29.5 Å². The summed E-state index contributed by atoms with van der Waals surface area (Å²) in [4.78, 5) is 23.7. The van der Waals surface area contributed by atoms with Gasteiger partial charge in [0.1, 0.15) is 12.4 Å². The molecular formula is C21H22N4O4S. The SMILES string of the molecule is COC(=O)c1ccc(NC(=O)CSc2nnc(COc3ccc(C)cc3)n2C)cc1. The van der Waals surface area contributed by atoms with Crippen molar-refractivity contribution in [1.29, 1.82) is 0 Å². The Bertz CT molecular complexity index is 1020. The summed E-state index contributed by atoms with van der Waals surface area (Å²) in [5.74, 6) is 0.982.